The first-order valence-corrected chi connectivity index (χ1v) is 15.0. The van der Waals surface area contributed by atoms with Gasteiger partial charge in [0.15, 0.2) is 0 Å². The molecule has 1 aliphatic heterocycles. The number of pyridine rings is 2. The number of sulfonamides is 1. The van der Waals surface area contributed by atoms with Crippen molar-refractivity contribution in [2.45, 2.75) is 12.6 Å². The third-order valence-electron chi connectivity index (χ3n) is 7.16. The van der Waals surface area contributed by atoms with Crippen LogP contribution in [0.4, 0.5) is 10.2 Å². The van der Waals surface area contributed by atoms with Crippen molar-refractivity contribution in [1.82, 2.24) is 39.8 Å². The molecule has 1 aromatic carbocycles. The Labute approximate surface area is 239 Å². The zero-order chi connectivity index (χ0) is 29.0. The molecule has 14 heteroatoms. The molecule has 7 rings (SSSR count). The molecule has 0 spiro atoms. The van der Waals surface area contributed by atoms with Gasteiger partial charge in [0.1, 0.15) is 28.7 Å². The number of rotatable bonds is 7. The Bertz CT molecular complexity index is 2090. The Balaban J connectivity index is 1.26. The number of nitrogens with one attached hydrogen (secondary N) is 3. The number of benzene rings is 1. The van der Waals surface area contributed by atoms with E-state index in [9.17, 15) is 12.8 Å². The molecule has 0 unspecified atom stereocenters. The molecule has 0 radical (unpaired) electrons. The number of hydrogen-bond acceptors (Lipinski definition) is 9. The number of hydrogen-bond donors (Lipinski definition) is 4. The molecule has 0 amide bonds. The smallest absolute Gasteiger partial charge is 0.209 e. The van der Waals surface area contributed by atoms with Gasteiger partial charge in [-0.25, -0.2) is 27.5 Å². The Morgan fingerprint density at radius 3 is 2.74 bits per heavy atom. The number of H-pyrrole nitrogens is 2. The van der Waals surface area contributed by atoms with Gasteiger partial charge in [0.05, 0.1) is 41.8 Å². The van der Waals surface area contributed by atoms with E-state index in [-0.39, 0.29) is 12.6 Å². The van der Waals surface area contributed by atoms with E-state index in [0.717, 1.165) is 47.0 Å². The summed E-state index contributed by atoms with van der Waals surface area (Å²) in [4.78, 5) is 23.5. The fourth-order valence-electron chi connectivity index (χ4n) is 5.12. The van der Waals surface area contributed by atoms with Gasteiger partial charge >= 0.3 is 0 Å². The number of fused-ring (bicyclic) bond motifs is 2. The monoisotopic (exact) mass is 584 g/mol. The first kappa shape index (κ1) is 26.1. The first-order valence-electron chi connectivity index (χ1n) is 13.1. The van der Waals surface area contributed by atoms with E-state index in [1.165, 1.54) is 12.1 Å². The standard InChI is InChI=1S/C28H25FN10O2S/c1-42(40,41)34-9-15-4-16(6-17(29)5-15)19-2-3-32-28-20(19)7-23(36-28)27-21-8-22(33-11-24(21)37-38-27)25-10-31-12-26(35-25)39-13-18(30)14-39/h2-8,10-12,18,34H,9,13-14,30H2,1H3,(H,32,36)(H,37,38). The summed E-state index contributed by atoms with van der Waals surface area (Å²) >= 11 is 0. The van der Waals surface area contributed by atoms with E-state index in [2.05, 4.69) is 39.8 Å². The zero-order valence-corrected chi connectivity index (χ0v) is 23.2. The highest BCUT2D eigenvalue weighted by Gasteiger charge is 2.25. The van der Waals surface area contributed by atoms with Crippen LogP contribution in [-0.2, 0) is 16.6 Å². The summed E-state index contributed by atoms with van der Waals surface area (Å²) in [7, 11) is -3.43. The number of aromatic amines is 2. The molecule has 0 saturated carbocycles. The number of anilines is 1. The summed E-state index contributed by atoms with van der Waals surface area (Å²) in [6.45, 7) is 1.45. The molecule has 1 fully saturated rings. The van der Waals surface area contributed by atoms with E-state index >= 15 is 0 Å². The summed E-state index contributed by atoms with van der Waals surface area (Å²) < 4.78 is 40.1. The highest BCUT2D eigenvalue weighted by atomic mass is 32.2. The Morgan fingerprint density at radius 1 is 1.07 bits per heavy atom. The van der Waals surface area contributed by atoms with Crippen LogP contribution in [0, 0.1) is 5.82 Å². The van der Waals surface area contributed by atoms with Crippen molar-refractivity contribution in [1.29, 1.82) is 0 Å². The van der Waals surface area contributed by atoms with Crippen LogP contribution in [0.15, 0.2) is 61.2 Å². The lowest BCUT2D eigenvalue weighted by Gasteiger charge is -2.37. The Kier molecular flexibility index (Phi) is 6.18. The highest BCUT2D eigenvalue weighted by Crippen LogP contribution is 2.34. The van der Waals surface area contributed by atoms with Gasteiger partial charge in [0.25, 0.3) is 0 Å². The highest BCUT2D eigenvalue weighted by molar-refractivity contribution is 7.88. The molecule has 0 bridgehead atoms. The van der Waals surface area contributed by atoms with Crippen LogP contribution in [-0.4, -0.2) is 68.9 Å². The molecule has 42 heavy (non-hydrogen) atoms. The molecule has 0 aliphatic carbocycles. The molecule has 1 saturated heterocycles. The van der Waals surface area contributed by atoms with Gasteiger partial charge in [-0.1, -0.05) is 0 Å². The maximum Gasteiger partial charge on any atom is 0.209 e. The molecule has 6 heterocycles. The fourth-order valence-corrected chi connectivity index (χ4v) is 5.55. The van der Waals surface area contributed by atoms with E-state index < -0.39 is 15.8 Å². The molecule has 12 nitrogen and oxygen atoms in total. The lowest BCUT2D eigenvalue weighted by atomic mass is 10.0. The lowest BCUT2D eigenvalue weighted by molar-refractivity contribution is 0.514. The summed E-state index contributed by atoms with van der Waals surface area (Å²) in [6.07, 6.45) is 7.80. The topological polar surface area (TPSA) is 171 Å². The first-order chi connectivity index (χ1) is 20.2. The van der Waals surface area contributed by atoms with Gasteiger partial charge in [-0.3, -0.25) is 15.1 Å². The number of aromatic nitrogens is 7. The van der Waals surface area contributed by atoms with Gasteiger partial charge in [-0.15, -0.1) is 0 Å². The predicted octanol–water partition coefficient (Wildman–Crippen LogP) is 2.96. The van der Waals surface area contributed by atoms with Crippen LogP contribution in [0.5, 0.6) is 0 Å². The van der Waals surface area contributed by atoms with Gasteiger partial charge in [-0.05, 0) is 53.1 Å². The van der Waals surface area contributed by atoms with E-state index in [1.54, 1.807) is 36.9 Å². The van der Waals surface area contributed by atoms with Crippen LogP contribution in [0.1, 0.15) is 5.56 Å². The van der Waals surface area contributed by atoms with E-state index in [0.29, 0.717) is 39.5 Å². The van der Waals surface area contributed by atoms with Crippen LogP contribution in [0.25, 0.3) is 55.8 Å². The number of nitrogens with two attached hydrogens (primary N) is 1. The SMILES string of the molecule is CS(=O)(=O)NCc1cc(F)cc(-c2ccnc3[nH]c(-c4n[nH]c5cnc(-c6cncc(N7CC(N)C7)n6)cc45)cc23)c1. The largest absolute Gasteiger partial charge is 0.352 e. The quantitative estimate of drug-likeness (QED) is 0.220. The second-order valence-electron chi connectivity index (χ2n) is 10.4. The van der Waals surface area contributed by atoms with Crippen molar-refractivity contribution in [2.24, 2.45) is 5.73 Å². The van der Waals surface area contributed by atoms with Crippen LogP contribution in [0.2, 0.25) is 0 Å². The summed E-state index contributed by atoms with van der Waals surface area (Å²) in [5.41, 5.74) is 11.7. The third-order valence-corrected chi connectivity index (χ3v) is 7.83. The van der Waals surface area contributed by atoms with E-state index in [1.807, 2.05) is 12.1 Å². The maximum atomic E-state index is 14.6. The summed E-state index contributed by atoms with van der Waals surface area (Å²) in [5.74, 6) is 0.284. The minimum absolute atomic E-state index is 0.0231. The van der Waals surface area contributed by atoms with Crippen molar-refractivity contribution >= 4 is 37.8 Å². The van der Waals surface area contributed by atoms with Gasteiger partial charge in [0, 0.05) is 42.6 Å². The van der Waals surface area contributed by atoms with Gasteiger partial charge < -0.3 is 15.6 Å². The van der Waals surface area contributed by atoms with Crippen LogP contribution in [0.3, 0.4) is 0 Å². The molecular weight excluding hydrogens is 559 g/mol. The lowest BCUT2D eigenvalue weighted by Crippen LogP contribution is -2.56. The summed E-state index contributed by atoms with van der Waals surface area (Å²) in [6, 6.07) is 10.2. The second kappa shape index (κ2) is 9.94. The second-order valence-corrected chi connectivity index (χ2v) is 12.2. The maximum absolute atomic E-state index is 14.6. The molecule has 0 atom stereocenters. The van der Waals surface area contributed by atoms with Crippen LogP contribution < -0.4 is 15.4 Å². The van der Waals surface area contributed by atoms with Crippen molar-refractivity contribution in [3.8, 4) is 33.9 Å². The zero-order valence-electron chi connectivity index (χ0n) is 22.3. The minimum atomic E-state index is -3.43. The number of halogens is 1. The molecule has 212 valence electrons. The van der Waals surface area contributed by atoms with Crippen molar-refractivity contribution < 1.29 is 12.8 Å². The molecular formula is C28H25FN10O2S. The van der Waals surface area contributed by atoms with Crippen molar-refractivity contribution in [3.63, 3.8) is 0 Å². The molecule has 5 aromatic heterocycles. The summed E-state index contributed by atoms with van der Waals surface area (Å²) in [5, 5.41) is 9.16. The minimum Gasteiger partial charge on any atom is -0.352 e. The Morgan fingerprint density at radius 2 is 1.93 bits per heavy atom. The molecule has 6 aromatic rings. The molecule has 1 aliphatic rings. The average molecular weight is 585 g/mol. The van der Waals surface area contributed by atoms with Crippen LogP contribution >= 0.6 is 0 Å². The molecule has 5 N–H and O–H groups in total. The normalized spacial score (nSPS) is 14.1. The predicted molar refractivity (Wildman–Crippen MR) is 157 cm³/mol. The fraction of sp³-hybridized carbons (Fsp3) is 0.179. The van der Waals surface area contributed by atoms with Crippen molar-refractivity contribution in [2.75, 3.05) is 24.2 Å². The van der Waals surface area contributed by atoms with Gasteiger partial charge in [-0.2, -0.15) is 5.10 Å². The number of nitrogens with zero attached hydrogens (tertiary/aromatic N) is 6. The van der Waals surface area contributed by atoms with Gasteiger partial charge in [0.2, 0.25) is 10.0 Å². The third kappa shape index (κ3) is 4.95. The Hall–Kier alpha value is -4.79. The van der Waals surface area contributed by atoms with Crippen molar-refractivity contribution in [3.05, 3.63) is 72.6 Å². The average Bonchev–Trinajstić information content (AvgIpc) is 3.57. The van der Waals surface area contributed by atoms with E-state index in [4.69, 9.17) is 10.7 Å².